The lowest BCUT2D eigenvalue weighted by Crippen LogP contribution is -2.32. The van der Waals surface area contributed by atoms with Gasteiger partial charge in [-0.1, -0.05) is 24.3 Å². The molecule has 7 heteroatoms. The third-order valence-corrected chi connectivity index (χ3v) is 4.46. The van der Waals surface area contributed by atoms with E-state index < -0.39 is 23.8 Å². The van der Waals surface area contributed by atoms with Crippen LogP contribution < -0.4 is 5.32 Å². The number of carboxylic acid groups (broad SMARTS) is 1. The molecule has 0 aromatic heterocycles. The Labute approximate surface area is 169 Å². The van der Waals surface area contributed by atoms with Crippen LogP contribution in [0.5, 0.6) is 0 Å². The highest BCUT2D eigenvalue weighted by atomic mass is 16.5. The average Bonchev–Trinajstić information content (AvgIpc) is 2.66. The van der Waals surface area contributed by atoms with Gasteiger partial charge in [0.25, 0.3) is 0 Å². The molecule has 29 heavy (non-hydrogen) atoms. The third-order valence-electron chi connectivity index (χ3n) is 4.46. The monoisotopic (exact) mass is 399 g/mol. The number of benzene rings is 1. The van der Waals surface area contributed by atoms with Gasteiger partial charge in [0.15, 0.2) is 0 Å². The maximum absolute atomic E-state index is 12.8. The Bertz CT molecular complexity index is 870. The molecule has 0 spiro atoms. The van der Waals surface area contributed by atoms with Crippen molar-refractivity contribution in [2.75, 3.05) is 13.2 Å². The summed E-state index contributed by atoms with van der Waals surface area (Å²) in [7, 11) is 0. The highest BCUT2D eigenvalue weighted by Crippen LogP contribution is 2.40. The molecule has 2 rings (SSSR count). The van der Waals surface area contributed by atoms with Gasteiger partial charge in [-0.05, 0) is 44.9 Å². The van der Waals surface area contributed by atoms with Crippen LogP contribution in [0.3, 0.4) is 0 Å². The van der Waals surface area contributed by atoms with Crippen molar-refractivity contribution in [2.24, 2.45) is 0 Å². The van der Waals surface area contributed by atoms with Crippen LogP contribution in [0.25, 0.3) is 6.08 Å². The van der Waals surface area contributed by atoms with Crippen LogP contribution in [0.4, 0.5) is 0 Å². The first-order chi connectivity index (χ1) is 13.8. The molecule has 1 heterocycles. The summed E-state index contributed by atoms with van der Waals surface area (Å²) < 4.78 is 10.5. The van der Waals surface area contributed by atoms with Crippen LogP contribution in [0.1, 0.15) is 44.7 Å². The normalized spacial score (nSPS) is 14.8. The van der Waals surface area contributed by atoms with E-state index in [0.717, 1.165) is 6.08 Å². The van der Waals surface area contributed by atoms with E-state index in [9.17, 15) is 14.4 Å². The van der Waals surface area contributed by atoms with E-state index in [2.05, 4.69) is 5.32 Å². The molecule has 0 saturated heterocycles. The zero-order valence-corrected chi connectivity index (χ0v) is 16.9. The molecule has 0 bridgehead atoms. The SMILES string of the molecule is CCOC(=O)C1=C(C)NC(C)=C(C(=O)OCC)C1c1ccccc1/C=C\C(=O)O. The lowest BCUT2D eigenvalue weighted by atomic mass is 9.78. The topological polar surface area (TPSA) is 102 Å². The predicted octanol–water partition coefficient (Wildman–Crippen LogP) is 3.15. The standard InChI is InChI=1S/C22H25NO6/c1-5-28-21(26)18-13(3)23-14(4)19(22(27)29-6-2)20(18)16-10-8-7-9-15(16)11-12-17(24)25/h7-12,20,23H,5-6H2,1-4H3,(H,24,25)/b12-11-. The highest BCUT2D eigenvalue weighted by Gasteiger charge is 2.38. The first-order valence-electron chi connectivity index (χ1n) is 9.34. The fourth-order valence-corrected chi connectivity index (χ4v) is 3.35. The zero-order valence-electron chi connectivity index (χ0n) is 16.9. The molecular formula is C22H25NO6. The van der Waals surface area contributed by atoms with Crippen LogP contribution in [-0.4, -0.2) is 36.2 Å². The van der Waals surface area contributed by atoms with E-state index in [4.69, 9.17) is 14.6 Å². The minimum absolute atomic E-state index is 0.181. The maximum atomic E-state index is 12.8. The number of allylic oxidation sites excluding steroid dienone is 2. The van der Waals surface area contributed by atoms with Crippen molar-refractivity contribution in [3.05, 3.63) is 64.0 Å². The molecule has 2 N–H and O–H groups in total. The number of hydrogen-bond donors (Lipinski definition) is 2. The summed E-state index contributed by atoms with van der Waals surface area (Å²) in [6, 6.07) is 7.02. The number of esters is 2. The van der Waals surface area contributed by atoms with Crippen molar-refractivity contribution < 1.29 is 29.0 Å². The average molecular weight is 399 g/mol. The first kappa shape index (κ1) is 21.9. The van der Waals surface area contributed by atoms with Gasteiger partial charge in [-0.15, -0.1) is 0 Å². The van der Waals surface area contributed by atoms with E-state index in [1.165, 1.54) is 6.08 Å². The van der Waals surface area contributed by atoms with Crippen molar-refractivity contribution in [1.82, 2.24) is 5.32 Å². The lowest BCUT2D eigenvalue weighted by molar-refractivity contribution is -0.139. The van der Waals surface area contributed by atoms with Crippen LogP contribution in [0.2, 0.25) is 0 Å². The number of carboxylic acids is 1. The fourth-order valence-electron chi connectivity index (χ4n) is 3.35. The van der Waals surface area contributed by atoms with Crippen molar-refractivity contribution in [2.45, 2.75) is 33.6 Å². The number of rotatable bonds is 7. The second kappa shape index (κ2) is 9.73. The van der Waals surface area contributed by atoms with Gasteiger partial charge in [-0.3, -0.25) is 0 Å². The molecule has 1 aliphatic heterocycles. The number of hydrogen-bond acceptors (Lipinski definition) is 6. The molecule has 0 aliphatic carbocycles. The maximum Gasteiger partial charge on any atom is 0.336 e. The minimum Gasteiger partial charge on any atom is -0.478 e. The lowest BCUT2D eigenvalue weighted by Gasteiger charge is -2.31. The largest absolute Gasteiger partial charge is 0.478 e. The third kappa shape index (κ3) is 4.93. The number of dihydropyridines is 1. The van der Waals surface area contributed by atoms with Crippen LogP contribution in [-0.2, 0) is 23.9 Å². The Hall–Kier alpha value is -3.35. The number of nitrogens with one attached hydrogen (secondary N) is 1. The van der Waals surface area contributed by atoms with Crippen molar-refractivity contribution >= 4 is 24.0 Å². The van der Waals surface area contributed by atoms with Crippen LogP contribution in [0.15, 0.2) is 52.9 Å². The summed E-state index contributed by atoms with van der Waals surface area (Å²) in [6.07, 6.45) is 2.46. The van der Waals surface area contributed by atoms with Crippen LogP contribution in [0, 0.1) is 0 Å². The summed E-state index contributed by atoms with van der Waals surface area (Å²) in [6.45, 7) is 7.24. The number of ether oxygens (including phenoxy) is 2. The highest BCUT2D eigenvalue weighted by molar-refractivity contribution is 6.00. The Kier molecular flexibility index (Phi) is 7.36. The van der Waals surface area contributed by atoms with E-state index in [-0.39, 0.29) is 24.4 Å². The Balaban J connectivity index is 2.74. The van der Waals surface area contributed by atoms with E-state index in [1.807, 2.05) is 0 Å². The van der Waals surface area contributed by atoms with Gasteiger partial charge in [-0.25, -0.2) is 14.4 Å². The van der Waals surface area contributed by atoms with Crippen molar-refractivity contribution in [3.63, 3.8) is 0 Å². The first-order valence-corrected chi connectivity index (χ1v) is 9.34. The zero-order chi connectivity index (χ0) is 21.6. The van der Waals surface area contributed by atoms with Gasteiger partial charge in [0, 0.05) is 17.5 Å². The molecule has 0 amide bonds. The van der Waals surface area contributed by atoms with Gasteiger partial charge >= 0.3 is 17.9 Å². The molecule has 154 valence electrons. The summed E-state index contributed by atoms with van der Waals surface area (Å²) in [5.41, 5.74) is 2.89. The number of carbonyl (C=O) groups excluding carboxylic acids is 2. The summed E-state index contributed by atoms with van der Waals surface area (Å²) in [5.74, 6) is -2.95. The number of carbonyl (C=O) groups is 3. The minimum atomic E-state index is -1.10. The Morgan fingerprint density at radius 1 is 1.00 bits per heavy atom. The van der Waals surface area contributed by atoms with Gasteiger partial charge in [-0.2, -0.15) is 0 Å². The second-order valence-corrected chi connectivity index (χ2v) is 6.38. The number of aliphatic carboxylic acids is 1. The molecule has 0 unspecified atom stereocenters. The van der Waals surface area contributed by atoms with Crippen molar-refractivity contribution in [3.8, 4) is 0 Å². The van der Waals surface area contributed by atoms with Gasteiger partial charge in [0.05, 0.1) is 30.3 Å². The smallest absolute Gasteiger partial charge is 0.336 e. The van der Waals surface area contributed by atoms with Gasteiger partial charge in [0.1, 0.15) is 0 Å². The molecule has 0 fully saturated rings. The summed E-state index contributed by atoms with van der Waals surface area (Å²) in [5, 5.41) is 12.1. The summed E-state index contributed by atoms with van der Waals surface area (Å²) >= 11 is 0. The van der Waals surface area contributed by atoms with Crippen LogP contribution >= 0.6 is 0 Å². The van der Waals surface area contributed by atoms with Crippen molar-refractivity contribution in [1.29, 1.82) is 0 Å². The second-order valence-electron chi connectivity index (χ2n) is 6.38. The molecule has 0 saturated carbocycles. The van der Waals surface area contributed by atoms with Gasteiger partial charge < -0.3 is 19.9 Å². The molecule has 0 radical (unpaired) electrons. The molecule has 1 aromatic carbocycles. The summed E-state index contributed by atoms with van der Waals surface area (Å²) in [4.78, 5) is 36.6. The Morgan fingerprint density at radius 3 is 2.00 bits per heavy atom. The van der Waals surface area contributed by atoms with E-state index >= 15 is 0 Å². The van der Waals surface area contributed by atoms with E-state index in [0.29, 0.717) is 22.5 Å². The molecule has 1 aromatic rings. The molecule has 1 aliphatic rings. The Morgan fingerprint density at radius 2 is 1.52 bits per heavy atom. The quantitative estimate of drug-likeness (QED) is 0.536. The fraction of sp³-hybridized carbons (Fsp3) is 0.318. The van der Waals surface area contributed by atoms with Gasteiger partial charge in [0.2, 0.25) is 0 Å². The molecule has 7 nitrogen and oxygen atoms in total. The van der Waals surface area contributed by atoms with E-state index in [1.54, 1.807) is 52.0 Å². The molecular weight excluding hydrogens is 374 g/mol. The molecule has 0 atom stereocenters. The predicted molar refractivity (Wildman–Crippen MR) is 108 cm³/mol.